The van der Waals surface area contributed by atoms with Crippen LogP contribution in [-0.4, -0.2) is 78.2 Å². The molecule has 11 nitrogen and oxygen atoms in total. The first-order chi connectivity index (χ1) is 25.5. The van der Waals surface area contributed by atoms with Gasteiger partial charge in [-0.3, -0.25) is 24.3 Å². The summed E-state index contributed by atoms with van der Waals surface area (Å²) in [5.74, 6) is 0.782. The Morgan fingerprint density at radius 2 is 1.74 bits per heavy atom. The molecule has 0 unspecified atom stereocenters. The minimum Gasteiger partial charge on any atom is -0.478 e. The zero-order chi connectivity index (χ0) is 38.2. The lowest BCUT2D eigenvalue weighted by atomic mass is 9.78. The Morgan fingerprint density at radius 1 is 0.981 bits per heavy atom. The van der Waals surface area contributed by atoms with Crippen LogP contribution in [0.25, 0.3) is 0 Å². The first-order valence-corrected chi connectivity index (χ1v) is 17.9. The van der Waals surface area contributed by atoms with Gasteiger partial charge in [0.2, 0.25) is 17.7 Å². The van der Waals surface area contributed by atoms with E-state index in [-0.39, 0.29) is 49.5 Å². The van der Waals surface area contributed by atoms with E-state index in [4.69, 9.17) is 6.42 Å². The number of piperidine rings is 1. The number of nitrogens with one attached hydrogen (secondary N) is 3. The van der Waals surface area contributed by atoms with Crippen LogP contribution >= 0.6 is 0 Å². The van der Waals surface area contributed by atoms with Crippen LogP contribution in [0.2, 0.25) is 0 Å². The SMILES string of the molecule is C#C/C=C\C=N/CNC(=O)Cc1cc(NC(=O)CN(Cc2ccccc2CNC)C(=O)C2(C)CCN(Cc3cccc(C(=O)O)c3)CC2)ccc1CC. The van der Waals surface area contributed by atoms with Crippen LogP contribution in [0.1, 0.15) is 64.9 Å². The lowest BCUT2D eigenvalue weighted by Gasteiger charge is -2.41. The number of allylic oxidation sites excluding steroid dienone is 2. The molecule has 1 aliphatic rings. The van der Waals surface area contributed by atoms with Crippen LogP contribution in [-0.2, 0) is 46.9 Å². The van der Waals surface area contributed by atoms with Gasteiger partial charge >= 0.3 is 5.97 Å². The zero-order valence-electron chi connectivity index (χ0n) is 30.9. The molecule has 3 amide bonds. The molecule has 11 heteroatoms. The number of hydrogen-bond donors (Lipinski definition) is 4. The Bertz CT molecular complexity index is 1850. The molecule has 4 N–H and O–H groups in total. The highest BCUT2D eigenvalue weighted by molar-refractivity contribution is 5.95. The molecule has 0 radical (unpaired) electrons. The number of aliphatic imine (C=N–C) groups is 1. The minimum absolute atomic E-state index is 0.0874. The van der Waals surface area contributed by atoms with Crippen molar-refractivity contribution in [3.05, 3.63) is 112 Å². The van der Waals surface area contributed by atoms with Gasteiger partial charge in [-0.2, -0.15) is 0 Å². The van der Waals surface area contributed by atoms with E-state index in [2.05, 4.69) is 31.8 Å². The lowest BCUT2D eigenvalue weighted by Crippen LogP contribution is -2.50. The molecule has 3 aromatic carbocycles. The predicted octanol–water partition coefficient (Wildman–Crippen LogP) is 4.81. The second-order valence-corrected chi connectivity index (χ2v) is 13.5. The third-order valence-electron chi connectivity index (χ3n) is 9.50. The fraction of sp³-hybridized carbons (Fsp3) is 0.357. The van der Waals surface area contributed by atoms with Crippen LogP contribution in [0.5, 0.6) is 0 Å². The van der Waals surface area contributed by atoms with Gasteiger partial charge in [0.05, 0.1) is 12.0 Å². The van der Waals surface area contributed by atoms with Crippen LogP contribution in [0.15, 0.2) is 83.9 Å². The van der Waals surface area contributed by atoms with Crippen molar-refractivity contribution < 1.29 is 24.3 Å². The summed E-state index contributed by atoms with van der Waals surface area (Å²) in [5.41, 5.74) is 4.80. The molecule has 1 fully saturated rings. The Hall–Kier alpha value is -5.57. The van der Waals surface area contributed by atoms with E-state index in [0.29, 0.717) is 51.1 Å². The molecule has 0 aliphatic carbocycles. The molecule has 278 valence electrons. The molecule has 0 atom stereocenters. The summed E-state index contributed by atoms with van der Waals surface area (Å²) in [5, 5.41) is 18.3. The maximum absolute atomic E-state index is 14.5. The van der Waals surface area contributed by atoms with Gasteiger partial charge in [0.1, 0.15) is 13.2 Å². The monoisotopic (exact) mass is 718 g/mol. The molecule has 0 aromatic heterocycles. The zero-order valence-corrected chi connectivity index (χ0v) is 30.9. The second-order valence-electron chi connectivity index (χ2n) is 13.5. The largest absolute Gasteiger partial charge is 0.478 e. The van der Waals surface area contributed by atoms with Crippen molar-refractivity contribution in [2.75, 3.05) is 38.7 Å². The number of benzene rings is 3. The number of aryl methyl sites for hydroxylation is 1. The number of likely N-dealkylation sites (tertiary alicyclic amines) is 1. The normalized spacial score (nSPS) is 14.2. The highest BCUT2D eigenvalue weighted by atomic mass is 16.4. The smallest absolute Gasteiger partial charge is 0.335 e. The molecule has 0 bridgehead atoms. The molecule has 0 saturated carbocycles. The summed E-state index contributed by atoms with van der Waals surface area (Å²) in [6.45, 7) is 6.75. The van der Waals surface area contributed by atoms with Gasteiger partial charge < -0.3 is 26.0 Å². The Balaban J connectivity index is 1.47. The highest BCUT2D eigenvalue weighted by Crippen LogP contribution is 2.34. The topological polar surface area (TPSA) is 143 Å². The van der Waals surface area contributed by atoms with Crippen molar-refractivity contribution in [2.45, 2.75) is 59.2 Å². The fourth-order valence-electron chi connectivity index (χ4n) is 6.51. The number of aromatic carboxylic acids is 1. The number of amides is 3. The van der Waals surface area contributed by atoms with Crippen LogP contribution in [0.3, 0.4) is 0 Å². The summed E-state index contributed by atoms with van der Waals surface area (Å²) in [6, 6.07) is 20.4. The third-order valence-corrected chi connectivity index (χ3v) is 9.50. The second kappa shape index (κ2) is 19.9. The van der Waals surface area contributed by atoms with Crippen molar-refractivity contribution >= 4 is 35.6 Å². The number of rotatable bonds is 17. The standard InChI is InChI=1S/C42H50N6O5/c1-5-7-10-20-44-30-45-38(49)25-36-24-37(17-16-32(36)6-2)46-39(50)29-48(28-35-14-9-8-13-34(35)26-43-4)41(53)42(3)18-21-47(22-19-42)27-31-12-11-15-33(23-31)40(51)52/h1,7-17,20,23-24,43H,6,18-19,21-22,25-30H2,2-4H3,(H,45,49)(H,46,50)(H,51,52)/b10-7-,44-20-. The fourth-order valence-corrected chi connectivity index (χ4v) is 6.51. The molecule has 4 rings (SSSR count). The summed E-state index contributed by atoms with van der Waals surface area (Å²) in [7, 11) is 1.87. The molecular formula is C42H50N6O5. The Morgan fingerprint density at radius 3 is 2.43 bits per heavy atom. The van der Waals surface area contributed by atoms with Crippen LogP contribution in [0, 0.1) is 17.8 Å². The van der Waals surface area contributed by atoms with Crippen molar-refractivity contribution in [1.82, 2.24) is 20.4 Å². The van der Waals surface area contributed by atoms with Gasteiger partial charge in [-0.15, -0.1) is 6.42 Å². The minimum atomic E-state index is -0.960. The van der Waals surface area contributed by atoms with E-state index in [9.17, 15) is 24.3 Å². The van der Waals surface area contributed by atoms with Gasteiger partial charge in [0.25, 0.3) is 0 Å². The molecule has 0 spiro atoms. The number of carbonyl (C=O) groups is 4. The van der Waals surface area contributed by atoms with E-state index in [1.165, 1.54) is 12.3 Å². The Kier molecular flexibility index (Phi) is 15.1. The number of carboxylic acid groups (broad SMARTS) is 1. The molecular weight excluding hydrogens is 668 g/mol. The van der Waals surface area contributed by atoms with E-state index >= 15 is 0 Å². The molecule has 3 aromatic rings. The van der Waals surface area contributed by atoms with Crippen molar-refractivity contribution in [3.8, 4) is 12.3 Å². The van der Waals surface area contributed by atoms with Gasteiger partial charge in [-0.05, 0) is 104 Å². The summed E-state index contributed by atoms with van der Waals surface area (Å²) in [6.07, 6.45) is 11.8. The molecule has 1 heterocycles. The van der Waals surface area contributed by atoms with Crippen molar-refractivity contribution in [2.24, 2.45) is 10.4 Å². The predicted molar refractivity (Wildman–Crippen MR) is 208 cm³/mol. The third kappa shape index (κ3) is 12.0. The first-order valence-electron chi connectivity index (χ1n) is 17.9. The number of terminal acetylenes is 1. The number of hydrogen-bond acceptors (Lipinski definition) is 7. The maximum atomic E-state index is 14.5. The average molecular weight is 719 g/mol. The number of carbonyl (C=O) groups excluding carboxylic acids is 3. The van der Waals surface area contributed by atoms with Gasteiger partial charge in [-0.1, -0.05) is 62.2 Å². The molecule has 53 heavy (non-hydrogen) atoms. The maximum Gasteiger partial charge on any atom is 0.335 e. The quantitative estimate of drug-likeness (QED) is 0.116. The highest BCUT2D eigenvalue weighted by Gasteiger charge is 2.40. The van der Waals surface area contributed by atoms with E-state index in [0.717, 1.165) is 27.8 Å². The van der Waals surface area contributed by atoms with Gasteiger partial charge in [0.15, 0.2) is 0 Å². The van der Waals surface area contributed by atoms with Crippen molar-refractivity contribution in [3.63, 3.8) is 0 Å². The van der Waals surface area contributed by atoms with Crippen LogP contribution in [0.4, 0.5) is 5.69 Å². The average Bonchev–Trinajstić information content (AvgIpc) is 3.14. The lowest BCUT2D eigenvalue weighted by molar-refractivity contribution is -0.146. The van der Waals surface area contributed by atoms with Crippen molar-refractivity contribution in [1.29, 1.82) is 0 Å². The van der Waals surface area contributed by atoms with E-state index in [1.54, 1.807) is 29.2 Å². The van der Waals surface area contributed by atoms with Gasteiger partial charge in [0, 0.05) is 37.0 Å². The Labute approximate surface area is 312 Å². The van der Waals surface area contributed by atoms with E-state index < -0.39 is 11.4 Å². The first kappa shape index (κ1) is 40.2. The summed E-state index contributed by atoms with van der Waals surface area (Å²) >= 11 is 0. The van der Waals surface area contributed by atoms with Crippen LogP contribution < -0.4 is 16.0 Å². The van der Waals surface area contributed by atoms with E-state index in [1.807, 2.05) is 69.4 Å². The van der Waals surface area contributed by atoms with Gasteiger partial charge in [-0.25, -0.2) is 4.79 Å². The summed E-state index contributed by atoms with van der Waals surface area (Å²) < 4.78 is 0. The number of carboxylic acids is 1. The summed E-state index contributed by atoms with van der Waals surface area (Å²) in [4.78, 5) is 60.3. The molecule has 1 aliphatic heterocycles. The number of anilines is 1. The number of nitrogens with zero attached hydrogens (tertiary/aromatic N) is 3. The molecule has 1 saturated heterocycles.